The van der Waals surface area contributed by atoms with Crippen LogP contribution in [0.15, 0.2) is 29.2 Å². The van der Waals surface area contributed by atoms with Crippen molar-refractivity contribution in [2.75, 3.05) is 13.1 Å². The van der Waals surface area contributed by atoms with Gasteiger partial charge in [0.05, 0.1) is 12.1 Å². The van der Waals surface area contributed by atoms with E-state index in [0.29, 0.717) is 19.4 Å². The van der Waals surface area contributed by atoms with Crippen LogP contribution in [0.1, 0.15) is 45.1 Å². The number of amides is 1. The molecule has 1 aromatic carbocycles. The smallest absolute Gasteiger partial charge is 0.268 e. The first-order valence-corrected chi connectivity index (χ1v) is 10.6. The molecular formula is C19H25N3O4S. The summed E-state index contributed by atoms with van der Waals surface area (Å²) in [5, 5.41) is 12.2. The van der Waals surface area contributed by atoms with Crippen LogP contribution in [0, 0.1) is 17.2 Å². The van der Waals surface area contributed by atoms with Crippen molar-refractivity contribution in [1.82, 2.24) is 9.62 Å². The largest absolute Gasteiger partial charge is 0.310 e. The normalized spacial score (nSPS) is 19.0. The highest BCUT2D eigenvalue weighted by atomic mass is 32.2. The number of nitrogens with one attached hydrogen (secondary N) is 1. The fourth-order valence-electron chi connectivity index (χ4n) is 3.06. The number of sulfonamides is 1. The van der Waals surface area contributed by atoms with Crippen molar-refractivity contribution < 1.29 is 18.0 Å². The molecule has 2 rings (SSSR count). The molecule has 1 unspecified atom stereocenters. The molecule has 0 saturated carbocycles. The number of carbonyl (C=O) groups is 2. The Hall–Kier alpha value is -2.24. The van der Waals surface area contributed by atoms with Crippen LogP contribution in [0.5, 0.6) is 0 Å². The van der Waals surface area contributed by atoms with E-state index in [2.05, 4.69) is 5.32 Å². The molecule has 0 spiro atoms. The van der Waals surface area contributed by atoms with Crippen molar-refractivity contribution in [2.45, 2.75) is 50.5 Å². The van der Waals surface area contributed by atoms with Gasteiger partial charge in [0.25, 0.3) is 10.0 Å². The molecular weight excluding hydrogens is 366 g/mol. The van der Waals surface area contributed by atoms with Gasteiger partial charge in [-0.15, -0.1) is 0 Å². The number of ketones is 1. The second kappa shape index (κ2) is 9.11. The average molecular weight is 391 g/mol. The van der Waals surface area contributed by atoms with Crippen LogP contribution in [0.25, 0.3) is 0 Å². The quantitative estimate of drug-likeness (QED) is 0.793. The molecule has 2 atom stereocenters. The van der Waals surface area contributed by atoms with Crippen LogP contribution in [-0.4, -0.2) is 43.5 Å². The first-order chi connectivity index (χ1) is 12.8. The molecule has 1 aromatic rings. The van der Waals surface area contributed by atoms with Crippen molar-refractivity contribution >= 4 is 21.7 Å². The SMILES string of the molecule is CC[C@H](C)CC(=O)N(C1CCCNCC1=O)S(=O)(=O)c1ccccc1C#N. The molecule has 0 radical (unpaired) electrons. The monoisotopic (exact) mass is 391 g/mol. The van der Waals surface area contributed by atoms with Crippen molar-refractivity contribution in [3.05, 3.63) is 29.8 Å². The molecule has 0 bridgehead atoms. The zero-order valence-electron chi connectivity index (χ0n) is 15.6. The Balaban J connectivity index is 2.55. The number of nitriles is 1. The summed E-state index contributed by atoms with van der Waals surface area (Å²) in [6, 6.07) is 6.56. The van der Waals surface area contributed by atoms with Gasteiger partial charge >= 0.3 is 0 Å². The molecule has 1 amide bonds. The molecule has 1 aliphatic rings. The summed E-state index contributed by atoms with van der Waals surface area (Å²) in [4.78, 5) is 25.3. The van der Waals surface area contributed by atoms with Gasteiger partial charge in [-0.1, -0.05) is 32.4 Å². The summed E-state index contributed by atoms with van der Waals surface area (Å²) in [5.41, 5.74) is -0.0435. The minimum atomic E-state index is -4.33. The lowest BCUT2D eigenvalue weighted by atomic mass is 10.0. The zero-order chi connectivity index (χ0) is 20.0. The fourth-order valence-corrected chi connectivity index (χ4v) is 4.81. The van der Waals surface area contributed by atoms with Crippen LogP contribution >= 0.6 is 0 Å². The second-order valence-corrected chi connectivity index (χ2v) is 8.60. The standard InChI is InChI=1S/C19H25N3O4S/c1-3-14(2)11-19(24)22(16-8-6-10-21-13-17(16)23)27(25,26)18-9-5-4-7-15(18)12-20/h4-5,7,9,14,16,21H,3,6,8,10-11,13H2,1-2H3/t14-,16?/m0/s1. The molecule has 1 aliphatic heterocycles. The van der Waals surface area contributed by atoms with Crippen LogP contribution < -0.4 is 5.32 Å². The average Bonchev–Trinajstić information content (AvgIpc) is 2.86. The van der Waals surface area contributed by atoms with Crippen molar-refractivity contribution in [2.24, 2.45) is 5.92 Å². The summed E-state index contributed by atoms with van der Waals surface area (Å²) in [5.74, 6) is -0.944. The molecule has 27 heavy (non-hydrogen) atoms. The van der Waals surface area contributed by atoms with E-state index in [1.807, 2.05) is 19.9 Å². The van der Waals surface area contributed by atoms with Gasteiger partial charge in [0.2, 0.25) is 5.91 Å². The van der Waals surface area contributed by atoms with Gasteiger partial charge in [-0.3, -0.25) is 9.59 Å². The predicted octanol–water partition coefficient (Wildman–Crippen LogP) is 1.83. The van der Waals surface area contributed by atoms with Crippen molar-refractivity contribution in [3.63, 3.8) is 0 Å². The molecule has 1 heterocycles. The zero-order valence-corrected chi connectivity index (χ0v) is 16.5. The van der Waals surface area contributed by atoms with Crippen LogP contribution in [0.3, 0.4) is 0 Å². The molecule has 7 nitrogen and oxygen atoms in total. The Morgan fingerprint density at radius 2 is 2.11 bits per heavy atom. The van der Waals surface area contributed by atoms with E-state index >= 15 is 0 Å². The van der Waals surface area contributed by atoms with Crippen LogP contribution in [-0.2, 0) is 19.6 Å². The Bertz CT molecular complexity index is 845. The first kappa shape index (κ1) is 21.1. The molecule has 1 N–H and O–H groups in total. The van der Waals surface area contributed by atoms with E-state index in [1.54, 1.807) is 6.07 Å². The minimum Gasteiger partial charge on any atom is -0.310 e. The highest BCUT2D eigenvalue weighted by Gasteiger charge is 2.40. The number of nitrogens with zero attached hydrogens (tertiary/aromatic N) is 2. The number of rotatable bonds is 6. The Morgan fingerprint density at radius 3 is 2.78 bits per heavy atom. The van der Waals surface area contributed by atoms with E-state index < -0.39 is 22.0 Å². The highest BCUT2D eigenvalue weighted by Crippen LogP contribution is 2.26. The molecule has 1 fully saturated rings. The number of Topliss-reactive ketones (excluding diaryl/α,β-unsaturated/α-hetero) is 1. The summed E-state index contributed by atoms with van der Waals surface area (Å²) in [7, 11) is -4.33. The summed E-state index contributed by atoms with van der Waals surface area (Å²) in [6.45, 7) is 4.39. The Morgan fingerprint density at radius 1 is 1.41 bits per heavy atom. The van der Waals surface area contributed by atoms with Gasteiger partial charge in [-0.2, -0.15) is 5.26 Å². The minimum absolute atomic E-state index is 0.0135. The van der Waals surface area contributed by atoms with E-state index in [9.17, 15) is 23.3 Å². The van der Waals surface area contributed by atoms with Crippen LogP contribution in [0.2, 0.25) is 0 Å². The third-order valence-corrected chi connectivity index (χ3v) is 6.68. The van der Waals surface area contributed by atoms with E-state index in [0.717, 1.165) is 4.31 Å². The lowest BCUT2D eigenvalue weighted by Gasteiger charge is -2.30. The number of hydrogen-bond donors (Lipinski definition) is 1. The molecule has 8 heteroatoms. The molecule has 146 valence electrons. The van der Waals surface area contributed by atoms with Crippen LogP contribution in [0.4, 0.5) is 0 Å². The number of carbonyl (C=O) groups excluding carboxylic acids is 2. The Labute approximate surface area is 160 Å². The third kappa shape index (κ3) is 4.73. The lowest BCUT2D eigenvalue weighted by molar-refractivity contribution is -0.134. The molecule has 1 saturated heterocycles. The third-order valence-electron chi connectivity index (χ3n) is 4.80. The van der Waals surface area contributed by atoms with E-state index in [1.165, 1.54) is 18.2 Å². The molecule has 0 aromatic heterocycles. The van der Waals surface area contributed by atoms with Gasteiger partial charge in [0, 0.05) is 6.42 Å². The lowest BCUT2D eigenvalue weighted by Crippen LogP contribution is -2.50. The van der Waals surface area contributed by atoms with Gasteiger partial charge < -0.3 is 5.32 Å². The van der Waals surface area contributed by atoms with Gasteiger partial charge in [-0.25, -0.2) is 12.7 Å². The van der Waals surface area contributed by atoms with Crippen molar-refractivity contribution in [1.29, 1.82) is 5.26 Å². The second-order valence-electron chi connectivity index (χ2n) is 6.82. The first-order valence-electron chi connectivity index (χ1n) is 9.12. The van der Waals surface area contributed by atoms with Crippen molar-refractivity contribution in [3.8, 4) is 6.07 Å². The maximum Gasteiger partial charge on any atom is 0.268 e. The maximum absolute atomic E-state index is 13.4. The number of benzene rings is 1. The van der Waals surface area contributed by atoms with Gasteiger partial charge in [0.15, 0.2) is 5.78 Å². The summed E-state index contributed by atoms with van der Waals surface area (Å²) >= 11 is 0. The predicted molar refractivity (Wildman–Crippen MR) is 100 cm³/mol. The summed E-state index contributed by atoms with van der Waals surface area (Å²) in [6.07, 6.45) is 1.60. The highest BCUT2D eigenvalue weighted by molar-refractivity contribution is 7.89. The molecule has 0 aliphatic carbocycles. The maximum atomic E-state index is 13.4. The van der Waals surface area contributed by atoms with E-state index in [4.69, 9.17) is 0 Å². The van der Waals surface area contributed by atoms with Gasteiger partial charge in [-0.05, 0) is 37.4 Å². The van der Waals surface area contributed by atoms with E-state index in [-0.39, 0.29) is 41.5 Å². The topological polar surface area (TPSA) is 107 Å². The fraction of sp³-hybridized carbons (Fsp3) is 0.526. The number of hydrogen-bond acceptors (Lipinski definition) is 6. The van der Waals surface area contributed by atoms with Gasteiger partial charge in [0.1, 0.15) is 17.0 Å². The Kier molecular flexibility index (Phi) is 7.11. The summed E-state index contributed by atoms with van der Waals surface area (Å²) < 4.78 is 27.5.